The number of nitrogens with one attached hydrogen (secondary N) is 1. The summed E-state index contributed by atoms with van der Waals surface area (Å²) < 4.78 is 38.5. The quantitative estimate of drug-likeness (QED) is 0.487. The van der Waals surface area contributed by atoms with E-state index in [0.29, 0.717) is 11.5 Å². The smallest absolute Gasteiger partial charge is 0.266 e. The van der Waals surface area contributed by atoms with Crippen LogP contribution in [0.15, 0.2) is 52.7 Å². The Balaban J connectivity index is 2.04. The number of aliphatic imine (C=N–C) groups is 1. The van der Waals surface area contributed by atoms with Crippen molar-refractivity contribution >= 4 is 23.4 Å². The van der Waals surface area contributed by atoms with Crippen molar-refractivity contribution in [2.24, 2.45) is 15.9 Å². The standard InChI is InChI=1S/C15H14F3N5/c16-13-5-4-10(7-12(13)15(17)18)21-8-11(23-19)9-22-14-3-1-2-6-20-14/h1-8,15H,9,19H2,(H,20,22). The fourth-order valence-electron chi connectivity index (χ4n) is 1.70. The highest BCUT2D eigenvalue weighted by atomic mass is 19.3. The van der Waals surface area contributed by atoms with Crippen molar-refractivity contribution in [1.29, 1.82) is 0 Å². The second-order valence-electron chi connectivity index (χ2n) is 4.45. The molecule has 0 radical (unpaired) electrons. The summed E-state index contributed by atoms with van der Waals surface area (Å²) in [4.78, 5) is 8.05. The van der Waals surface area contributed by atoms with Gasteiger partial charge in [0.1, 0.15) is 11.6 Å². The summed E-state index contributed by atoms with van der Waals surface area (Å²) in [5, 5.41) is 6.53. The molecule has 0 fully saturated rings. The summed E-state index contributed by atoms with van der Waals surface area (Å²) in [5.74, 6) is 4.92. The third-order valence-corrected chi connectivity index (χ3v) is 2.86. The van der Waals surface area contributed by atoms with Gasteiger partial charge in [-0.3, -0.25) is 4.99 Å². The SMILES string of the molecule is NN=C(C=Nc1ccc(F)c(C(F)F)c1)CNc1ccccn1. The molecule has 0 atom stereocenters. The van der Waals surface area contributed by atoms with Crippen LogP contribution in [0.5, 0.6) is 0 Å². The Hall–Kier alpha value is -2.90. The van der Waals surface area contributed by atoms with Crippen LogP contribution in [0.4, 0.5) is 24.7 Å². The Morgan fingerprint density at radius 2 is 2.13 bits per heavy atom. The van der Waals surface area contributed by atoms with E-state index in [4.69, 9.17) is 5.84 Å². The molecule has 0 saturated heterocycles. The molecule has 2 rings (SSSR count). The molecule has 0 aliphatic heterocycles. The maximum Gasteiger partial charge on any atom is 0.266 e. The Labute approximate surface area is 130 Å². The number of hydrogen-bond acceptors (Lipinski definition) is 5. The van der Waals surface area contributed by atoms with E-state index in [1.807, 2.05) is 6.07 Å². The zero-order valence-corrected chi connectivity index (χ0v) is 12.0. The van der Waals surface area contributed by atoms with Crippen LogP contribution in [0.2, 0.25) is 0 Å². The van der Waals surface area contributed by atoms with Crippen LogP contribution in [0.1, 0.15) is 12.0 Å². The van der Waals surface area contributed by atoms with Crippen LogP contribution in [0.3, 0.4) is 0 Å². The highest BCUT2D eigenvalue weighted by molar-refractivity contribution is 6.32. The maximum atomic E-state index is 13.2. The van der Waals surface area contributed by atoms with Gasteiger partial charge in [-0.05, 0) is 30.3 Å². The number of halogens is 3. The average molecular weight is 321 g/mol. The maximum absolute atomic E-state index is 13.2. The summed E-state index contributed by atoms with van der Waals surface area (Å²) in [6, 6.07) is 8.57. The molecule has 120 valence electrons. The Kier molecular flexibility index (Phi) is 5.67. The van der Waals surface area contributed by atoms with Crippen LogP contribution in [-0.2, 0) is 0 Å². The lowest BCUT2D eigenvalue weighted by molar-refractivity contribution is 0.146. The van der Waals surface area contributed by atoms with Crippen molar-refractivity contribution < 1.29 is 13.2 Å². The van der Waals surface area contributed by atoms with E-state index < -0.39 is 17.8 Å². The zero-order valence-electron chi connectivity index (χ0n) is 12.0. The number of pyridine rings is 1. The van der Waals surface area contributed by atoms with E-state index in [1.54, 1.807) is 18.3 Å². The molecule has 1 heterocycles. The lowest BCUT2D eigenvalue weighted by Crippen LogP contribution is -2.17. The number of alkyl halides is 2. The van der Waals surface area contributed by atoms with Crippen LogP contribution in [0.25, 0.3) is 0 Å². The lowest BCUT2D eigenvalue weighted by Gasteiger charge is -2.05. The molecule has 5 nitrogen and oxygen atoms in total. The molecule has 0 unspecified atom stereocenters. The molecule has 0 bridgehead atoms. The Morgan fingerprint density at radius 3 is 2.78 bits per heavy atom. The Morgan fingerprint density at radius 1 is 1.30 bits per heavy atom. The third-order valence-electron chi connectivity index (χ3n) is 2.86. The minimum Gasteiger partial charge on any atom is -0.364 e. The number of rotatable bonds is 6. The first-order chi connectivity index (χ1) is 11.1. The molecule has 1 aromatic heterocycles. The number of aromatic nitrogens is 1. The van der Waals surface area contributed by atoms with Gasteiger partial charge in [0.15, 0.2) is 0 Å². The van der Waals surface area contributed by atoms with Gasteiger partial charge in [0.05, 0.1) is 29.7 Å². The first-order valence-corrected chi connectivity index (χ1v) is 6.63. The van der Waals surface area contributed by atoms with Gasteiger partial charge >= 0.3 is 0 Å². The summed E-state index contributed by atoms with van der Waals surface area (Å²) in [6.07, 6.45) is 0.0389. The summed E-state index contributed by atoms with van der Waals surface area (Å²) in [6.45, 7) is 0.250. The van der Waals surface area contributed by atoms with E-state index in [-0.39, 0.29) is 12.2 Å². The summed E-state index contributed by atoms with van der Waals surface area (Å²) in [5.41, 5.74) is -0.142. The first kappa shape index (κ1) is 16.5. The minimum atomic E-state index is -2.90. The topological polar surface area (TPSA) is 75.7 Å². The van der Waals surface area contributed by atoms with Gasteiger partial charge in [-0.2, -0.15) is 5.10 Å². The van der Waals surface area contributed by atoms with Gasteiger partial charge in [0.25, 0.3) is 6.43 Å². The van der Waals surface area contributed by atoms with Crippen molar-refractivity contribution in [3.63, 3.8) is 0 Å². The van der Waals surface area contributed by atoms with E-state index in [2.05, 4.69) is 20.4 Å². The fraction of sp³-hybridized carbons (Fsp3) is 0.133. The largest absolute Gasteiger partial charge is 0.364 e. The predicted octanol–water partition coefficient (Wildman–Crippen LogP) is 3.29. The van der Waals surface area contributed by atoms with Gasteiger partial charge in [-0.1, -0.05) is 6.07 Å². The van der Waals surface area contributed by atoms with Crippen molar-refractivity contribution in [1.82, 2.24) is 4.98 Å². The van der Waals surface area contributed by atoms with Crippen molar-refractivity contribution in [3.05, 3.63) is 54.0 Å². The van der Waals surface area contributed by atoms with E-state index in [0.717, 1.165) is 12.1 Å². The van der Waals surface area contributed by atoms with Gasteiger partial charge in [0.2, 0.25) is 0 Å². The van der Waals surface area contributed by atoms with E-state index in [1.165, 1.54) is 12.3 Å². The number of nitrogens with two attached hydrogens (primary N) is 1. The van der Waals surface area contributed by atoms with Gasteiger partial charge in [-0.15, -0.1) is 0 Å². The number of anilines is 1. The van der Waals surface area contributed by atoms with Crippen LogP contribution >= 0.6 is 0 Å². The van der Waals surface area contributed by atoms with Crippen LogP contribution < -0.4 is 11.2 Å². The Bertz CT molecular complexity index is 702. The molecule has 0 spiro atoms. The second kappa shape index (κ2) is 7.92. The summed E-state index contributed by atoms with van der Waals surface area (Å²) in [7, 11) is 0. The predicted molar refractivity (Wildman–Crippen MR) is 83.9 cm³/mol. The van der Waals surface area contributed by atoms with Crippen molar-refractivity contribution in [2.45, 2.75) is 6.43 Å². The number of benzene rings is 1. The number of hydrogen-bond donors (Lipinski definition) is 2. The molecule has 0 aliphatic rings. The molecular weight excluding hydrogens is 307 g/mol. The molecule has 23 heavy (non-hydrogen) atoms. The summed E-state index contributed by atoms with van der Waals surface area (Å²) >= 11 is 0. The lowest BCUT2D eigenvalue weighted by atomic mass is 10.2. The van der Waals surface area contributed by atoms with Crippen LogP contribution in [0, 0.1) is 5.82 Å². The molecule has 8 heteroatoms. The van der Waals surface area contributed by atoms with Gasteiger partial charge in [-0.25, -0.2) is 18.2 Å². The van der Waals surface area contributed by atoms with E-state index in [9.17, 15) is 13.2 Å². The first-order valence-electron chi connectivity index (χ1n) is 6.63. The van der Waals surface area contributed by atoms with Gasteiger partial charge < -0.3 is 11.2 Å². The van der Waals surface area contributed by atoms with Crippen molar-refractivity contribution in [2.75, 3.05) is 11.9 Å². The molecule has 1 aromatic carbocycles. The molecule has 2 aromatic rings. The van der Waals surface area contributed by atoms with Crippen molar-refractivity contribution in [3.8, 4) is 0 Å². The number of hydrazone groups is 1. The fourth-order valence-corrected chi connectivity index (χ4v) is 1.70. The highest BCUT2D eigenvalue weighted by Crippen LogP contribution is 2.26. The molecule has 3 N–H and O–H groups in total. The van der Waals surface area contributed by atoms with Gasteiger partial charge in [0, 0.05) is 6.20 Å². The zero-order chi connectivity index (χ0) is 16.7. The molecular formula is C15H14F3N5. The minimum absolute atomic E-state index is 0.181. The molecule has 0 amide bonds. The highest BCUT2D eigenvalue weighted by Gasteiger charge is 2.13. The average Bonchev–Trinajstić information content (AvgIpc) is 2.57. The third kappa shape index (κ3) is 4.80. The monoisotopic (exact) mass is 321 g/mol. The number of nitrogens with zero attached hydrogens (tertiary/aromatic N) is 3. The normalized spacial score (nSPS) is 12.1. The van der Waals surface area contributed by atoms with Crippen LogP contribution in [-0.4, -0.2) is 23.5 Å². The van der Waals surface area contributed by atoms with E-state index >= 15 is 0 Å². The molecule has 0 aliphatic carbocycles. The second-order valence-corrected chi connectivity index (χ2v) is 4.45. The molecule has 0 saturated carbocycles.